The van der Waals surface area contributed by atoms with Crippen LogP contribution in [-0.2, 0) is 10.0 Å². The summed E-state index contributed by atoms with van der Waals surface area (Å²) >= 11 is 9.28. The van der Waals surface area contributed by atoms with E-state index in [9.17, 15) is 8.42 Å². The number of nitrogens with one attached hydrogen (secondary N) is 2. The van der Waals surface area contributed by atoms with Crippen LogP contribution >= 0.6 is 27.5 Å². The molecule has 0 aromatic heterocycles. The third-order valence-corrected chi connectivity index (χ3v) is 5.31. The topological polar surface area (TPSA) is 58.2 Å². The number of sulfonamides is 1. The van der Waals surface area contributed by atoms with Crippen molar-refractivity contribution in [3.63, 3.8) is 0 Å². The second-order valence-electron chi connectivity index (χ2n) is 4.72. The lowest BCUT2D eigenvalue weighted by Gasteiger charge is -2.22. The van der Waals surface area contributed by atoms with Crippen LogP contribution in [0.3, 0.4) is 0 Å². The van der Waals surface area contributed by atoms with E-state index in [0.717, 1.165) is 30.4 Å². The van der Waals surface area contributed by atoms with Gasteiger partial charge in [0.05, 0.1) is 16.5 Å². The second kappa shape index (κ2) is 6.43. The third-order valence-electron chi connectivity index (χ3n) is 3.05. The molecule has 0 bridgehead atoms. The van der Waals surface area contributed by atoms with E-state index < -0.39 is 10.0 Å². The molecule has 19 heavy (non-hydrogen) atoms. The molecule has 1 aromatic carbocycles. The van der Waals surface area contributed by atoms with Gasteiger partial charge in [-0.2, -0.15) is 0 Å². The molecule has 1 aliphatic heterocycles. The maximum absolute atomic E-state index is 12.1. The lowest BCUT2D eigenvalue weighted by Crippen LogP contribution is -2.35. The Kier molecular flexibility index (Phi) is 5.11. The summed E-state index contributed by atoms with van der Waals surface area (Å²) < 4.78 is 27.6. The highest BCUT2D eigenvalue weighted by Gasteiger charge is 2.21. The SMILES string of the molecule is O=S(=O)(CC1CCCNC1)Nc1cc(Br)ccc1Cl. The molecule has 1 fully saturated rings. The molecule has 1 atom stereocenters. The van der Waals surface area contributed by atoms with Gasteiger partial charge in [0, 0.05) is 4.47 Å². The zero-order valence-corrected chi connectivity index (χ0v) is 13.5. The van der Waals surface area contributed by atoms with Crippen LogP contribution < -0.4 is 10.0 Å². The van der Waals surface area contributed by atoms with Gasteiger partial charge in [-0.05, 0) is 50.0 Å². The summed E-state index contributed by atoms with van der Waals surface area (Å²) in [5.41, 5.74) is 0.416. The Balaban J connectivity index is 2.05. The molecule has 1 saturated heterocycles. The van der Waals surface area contributed by atoms with Crippen LogP contribution in [0.2, 0.25) is 5.02 Å². The van der Waals surface area contributed by atoms with Gasteiger partial charge in [-0.3, -0.25) is 4.72 Å². The van der Waals surface area contributed by atoms with Crippen LogP contribution in [0.5, 0.6) is 0 Å². The Morgan fingerprint density at radius 3 is 2.95 bits per heavy atom. The molecule has 2 rings (SSSR count). The summed E-state index contributed by atoms with van der Waals surface area (Å²) in [6.45, 7) is 1.73. The van der Waals surface area contributed by atoms with Crippen LogP contribution in [0.25, 0.3) is 0 Å². The third kappa shape index (κ3) is 4.63. The Morgan fingerprint density at radius 1 is 1.47 bits per heavy atom. The molecule has 1 aliphatic rings. The smallest absolute Gasteiger partial charge is 0.233 e. The number of hydrogen-bond donors (Lipinski definition) is 2. The van der Waals surface area contributed by atoms with Gasteiger partial charge < -0.3 is 5.32 Å². The van der Waals surface area contributed by atoms with Gasteiger partial charge in [0.2, 0.25) is 10.0 Å². The molecular weight excluding hydrogens is 352 g/mol. The van der Waals surface area contributed by atoms with E-state index in [2.05, 4.69) is 26.0 Å². The number of piperidine rings is 1. The summed E-state index contributed by atoms with van der Waals surface area (Å²) in [4.78, 5) is 0. The Bertz CT molecular complexity index is 545. The van der Waals surface area contributed by atoms with Crippen molar-refractivity contribution >= 4 is 43.2 Å². The fourth-order valence-corrected chi connectivity index (χ4v) is 4.24. The molecule has 0 aliphatic carbocycles. The lowest BCUT2D eigenvalue weighted by molar-refractivity contribution is 0.404. The van der Waals surface area contributed by atoms with Gasteiger partial charge in [-0.15, -0.1) is 0 Å². The molecule has 1 heterocycles. The van der Waals surface area contributed by atoms with Gasteiger partial charge in [0.1, 0.15) is 0 Å². The van der Waals surface area contributed by atoms with Crippen LogP contribution in [-0.4, -0.2) is 27.3 Å². The average molecular weight is 368 g/mol. The van der Waals surface area contributed by atoms with Crippen molar-refractivity contribution in [2.45, 2.75) is 12.8 Å². The first-order valence-corrected chi connectivity index (χ1v) is 8.95. The maximum atomic E-state index is 12.1. The zero-order chi connectivity index (χ0) is 13.9. The molecule has 1 unspecified atom stereocenters. The maximum Gasteiger partial charge on any atom is 0.233 e. The number of hydrogen-bond acceptors (Lipinski definition) is 3. The van der Waals surface area contributed by atoms with E-state index in [0.29, 0.717) is 10.7 Å². The van der Waals surface area contributed by atoms with E-state index in [-0.39, 0.29) is 11.7 Å². The summed E-state index contributed by atoms with van der Waals surface area (Å²) in [6.07, 6.45) is 1.97. The minimum absolute atomic E-state index is 0.128. The van der Waals surface area contributed by atoms with Crippen LogP contribution in [0.4, 0.5) is 5.69 Å². The largest absolute Gasteiger partial charge is 0.316 e. The van der Waals surface area contributed by atoms with Crippen molar-refractivity contribution in [1.82, 2.24) is 5.32 Å². The van der Waals surface area contributed by atoms with Crippen molar-refractivity contribution in [2.24, 2.45) is 5.92 Å². The summed E-state index contributed by atoms with van der Waals surface area (Å²) in [5, 5.41) is 3.61. The minimum atomic E-state index is -3.37. The summed E-state index contributed by atoms with van der Waals surface area (Å²) in [6, 6.07) is 5.09. The van der Waals surface area contributed by atoms with Gasteiger partial charge in [-0.1, -0.05) is 27.5 Å². The lowest BCUT2D eigenvalue weighted by atomic mass is 10.0. The van der Waals surface area contributed by atoms with Crippen molar-refractivity contribution in [1.29, 1.82) is 0 Å². The highest BCUT2D eigenvalue weighted by Crippen LogP contribution is 2.27. The Hall–Kier alpha value is -0.300. The first-order chi connectivity index (χ1) is 8.96. The number of benzene rings is 1. The average Bonchev–Trinajstić information content (AvgIpc) is 2.34. The van der Waals surface area contributed by atoms with E-state index in [1.807, 2.05) is 0 Å². The number of anilines is 1. The van der Waals surface area contributed by atoms with Crippen LogP contribution in [0.15, 0.2) is 22.7 Å². The van der Waals surface area contributed by atoms with Crippen molar-refractivity contribution in [2.75, 3.05) is 23.6 Å². The van der Waals surface area contributed by atoms with Gasteiger partial charge in [0.25, 0.3) is 0 Å². The highest BCUT2D eigenvalue weighted by molar-refractivity contribution is 9.10. The standard InChI is InChI=1S/C12H16BrClN2O2S/c13-10-3-4-11(14)12(6-10)16-19(17,18)8-9-2-1-5-15-7-9/h3-4,6,9,15-16H,1-2,5,7-8H2. The Morgan fingerprint density at radius 2 is 2.26 bits per heavy atom. The molecule has 0 spiro atoms. The summed E-state index contributed by atoms with van der Waals surface area (Å²) in [7, 11) is -3.37. The van der Waals surface area contributed by atoms with E-state index in [1.165, 1.54) is 0 Å². The number of halogens is 2. The minimum Gasteiger partial charge on any atom is -0.316 e. The van der Waals surface area contributed by atoms with Crippen LogP contribution in [0.1, 0.15) is 12.8 Å². The fourth-order valence-electron chi connectivity index (χ4n) is 2.16. The molecular formula is C12H16BrClN2O2S. The van der Waals surface area contributed by atoms with Crippen molar-refractivity contribution in [3.05, 3.63) is 27.7 Å². The first kappa shape index (κ1) is 15.1. The predicted molar refractivity (Wildman–Crippen MR) is 82.2 cm³/mol. The van der Waals surface area contributed by atoms with E-state index in [4.69, 9.17) is 11.6 Å². The Labute approximate surface area is 127 Å². The normalized spacial score (nSPS) is 20.2. The summed E-state index contributed by atoms with van der Waals surface area (Å²) in [5.74, 6) is 0.292. The van der Waals surface area contributed by atoms with Crippen molar-refractivity contribution < 1.29 is 8.42 Å². The fraction of sp³-hybridized carbons (Fsp3) is 0.500. The van der Waals surface area contributed by atoms with Gasteiger partial charge >= 0.3 is 0 Å². The monoisotopic (exact) mass is 366 g/mol. The molecule has 2 N–H and O–H groups in total. The molecule has 4 nitrogen and oxygen atoms in total. The first-order valence-electron chi connectivity index (χ1n) is 6.12. The second-order valence-corrected chi connectivity index (χ2v) is 7.81. The highest BCUT2D eigenvalue weighted by atomic mass is 79.9. The van der Waals surface area contributed by atoms with Gasteiger partial charge in [-0.25, -0.2) is 8.42 Å². The molecule has 7 heteroatoms. The molecule has 0 amide bonds. The predicted octanol–water partition coefficient (Wildman–Crippen LogP) is 2.84. The zero-order valence-electron chi connectivity index (χ0n) is 10.3. The van der Waals surface area contributed by atoms with Crippen LogP contribution in [0, 0.1) is 5.92 Å². The van der Waals surface area contributed by atoms with E-state index in [1.54, 1.807) is 18.2 Å². The molecule has 106 valence electrons. The van der Waals surface area contributed by atoms with E-state index >= 15 is 0 Å². The molecule has 0 saturated carbocycles. The molecule has 1 aromatic rings. The molecule has 0 radical (unpaired) electrons. The quantitative estimate of drug-likeness (QED) is 0.860. The number of rotatable bonds is 4. The van der Waals surface area contributed by atoms with Gasteiger partial charge in [0.15, 0.2) is 0 Å². The van der Waals surface area contributed by atoms with Crippen molar-refractivity contribution in [3.8, 4) is 0 Å².